The summed E-state index contributed by atoms with van der Waals surface area (Å²) in [7, 11) is 0. The second-order valence-electron chi connectivity index (χ2n) is 3.15. The van der Waals surface area contributed by atoms with E-state index in [1.807, 2.05) is 0 Å². The maximum atomic E-state index is 9.51. The monoisotopic (exact) mass is 208 g/mol. The molecule has 0 aromatic heterocycles. The number of aliphatic hydroxyl groups is 4. The Bertz CT molecular complexity index is 175. The average Bonchev–Trinajstić information content (AvgIpc) is 2.18. The van der Waals surface area contributed by atoms with Gasteiger partial charge in [-0.3, -0.25) is 0 Å². The molecule has 1 fully saturated rings. The molecule has 0 saturated carbocycles. The van der Waals surface area contributed by atoms with Crippen molar-refractivity contribution in [2.45, 2.75) is 37.6 Å². The first kappa shape index (κ1) is 11.8. The fourth-order valence-corrected chi connectivity index (χ4v) is 1.44. The number of hydrogen-bond donors (Lipinski definition) is 4. The van der Waals surface area contributed by atoms with Gasteiger partial charge in [0.25, 0.3) is 0 Å². The van der Waals surface area contributed by atoms with Gasteiger partial charge in [0.05, 0.1) is 6.61 Å². The van der Waals surface area contributed by atoms with E-state index < -0.39 is 37.3 Å². The number of aliphatic hydroxyl groups excluding tert-OH is 4. The van der Waals surface area contributed by atoms with E-state index in [9.17, 15) is 15.3 Å². The van der Waals surface area contributed by atoms with E-state index in [0.29, 0.717) is 6.61 Å². The third kappa shape index (κ3) is 2.22. The molecule has 14 heavy (non-hydrogen) atoms. The van der Waals surface area contributed by atoms with Crippen LogP contribution in [0.25, 0.3) is 0 Å². The van der Waals surface area contributed by atoms with Crippen LogP contribution in [0, 0.1) is 0 Å². The van der Waals surface area contributed by atoms with Crippen LogP contribution in [-0.2, 0) is 9.47 Å². The van der Waals surface area contributed by atoms with Crippen LogP contribution in [-0.4, -0.2) is 64.3 Å². The van der Waals surface area contributed by atoms with Gasteiger partial charge in [0, 0.05) is 6.61 Å². The van der Waals surface area contributed by atoms with Crippen molar-refractivity contribution >= 4 is 0 Å². The van der Waals surface area contributed by atoms with Crippen molar-refractivity contribution in [2.24, 2.45) is 0 Å². The molecular formula is C8H16O6. The van der Waals surface area contributed by atoms with Crippen molar-refractivity contribution in [2.75, 3.05) is 13.2 Å². The number of hydrogen-bond acceptors (Lipinski definition) is 6. The molecule has 4 N–H and O–H groups in total. The van der Waals surface area contributed by atoms with Crippen LogP contribution in [0.15, 0.2) is 0 Å². The van der Waals surface area contributed by atoms with Crippen LogP contribution in [0.1, 0.15) is 6.92 Å². The molecule has 0 radical (unpaired) electrons. The van der Waals surface area contributed by atoms with Crippen LogP contribution in [0.2, 0.25) is 0 Å². The molecule has 0 aromatic rings. The van der Waals surface area contributed by atoms with Gasteiger partial charge in [-0.15, -0.1) is 0 Å². The summed E-state index contributed by atoms with van der Waals surface area (Å²) in [5.41, 5.74) is 0. The van der Waals surface area contributed by atoms with Crippen molar-refractivity contribution in [1.82, 2.24) is 0 Å². The first-order valence-electron chi connectivity index (χ1n) is 4.54. The van der Waals surface area contributed by atoms with E-state index in [0.717, 1.165) is 0 Å². The zero-order valence-electron chi connectivity index (χ0n) is 7.91. The molecule has 1 heterocycles. The smallest absolute Gasteiger partial charge is 0.184 e. The molecule has 84 valence electrons. The van der Waals surface area contributed by atoms with Gasteiger partial charge < -0.3 is 29.9 Å². The van der Waals surface area contributed by atoms with Gasteiger partial charge in [-0.1, -0.05) is 0 Å². The molecule has 0 aliphatic carbocycles. The van der Waals surface area contributed by atoms with Crippen molar-refractivity contribution in [3.8, 4) is 0 Å². The minimum absolute atomic E-state index is 0.290. The predicted molar refractivity (Wildman–Crippen MR) is 45.4 cm³/mol. The summed E-state index contributed by atoms with van der Waals surface area (Å²) in [5, 5.41) is 37.1. The molecule has 0 bridgehead atoms. The van der Waals surface area contributed by atoms with E-state index in [-0.39, 0.29) is 0 Å². The normalized spacial score (nSPS) is 43.9. The summed E-state index contributed by atoms with van der Waals surface area (Å²) in [6.07, 6.45) is -5.78. The van der Waals surface area contributed by atoms with E-state index in [4.69, 9.17) is 14.6 Å². The Morgan fingerprint density at radius 1 is 1.21 bits per heavy atom. The van der Waals surface area contributed by atoms with Gasteiger partial charge in [-0.25, -0.2) is 0 Å². The minimum atomic E-state index is -1.33. The van der Waals surface area contributed by atoms with Gasteiger partial charge in [0.15, 0.2) is 6.29 Å². The lowest BCUT2D eigenvalue weighted by atomic mass is 9.99. The Kier molecular flexibility index (Phi) is 4.24. The Balaban J connectivity index is 2.63. The highest BCUT2D eigenvalue weighted by molar-refractivity contribution is 4.89. The maximum Gasteiger partial charge on any atom is 0.184 e. The van der Waals surface area contributed by atoms with Crippen molar-refractivity contribution in [3.63, 3.8) is 0 Å². The molecule has 1 saturated heterocycles. The lowest BCUT2D eigenvalue weighted by Crippen LogP contribution is -2.59. The molecule has 1 aliphatic heterocycles. The summed E-state index contributed by atoms with van der Waals surface area (Å²) in [6, 6.07) is 0. The Hall–Kier alpha value is -0.240. The van der Waals surface area contributed by atoms with Gasteiger partial charge in [-0.05, 0) is 6.92 Å². The zero-order chi connectivity index (χ0) is 10.7. The molecular weight excluding hydrogens is 192 g/mol. The summed E-state index contributed by atoms with van der Waals surface area (Å²) in [5.74, 6) is 0. The van der Waals surface area contributed by atoms with E-state index >= 15 is 0 Å². The third-order valence-corrected chi connectivity index (χ3v) is 2.20. The van der Waals surface area contributed by atoms with Crippen LogP contribution in [0.4, 0.5) is 0 Å². The molecule has 1 rings (SSSR count). The van der Waals surface area contributed by atoms with Crippen molar-refractivity contribution in [1.29, 1.82) is 0 Å². The average molecular weight is 208 g/mol. The standard InChI is InChI=1S/C8H16O6/c1-2-13-7-6(11)5(10)4(3-9)14-8(7)12/h4-12H,2-3H2,1H3/t4-,5-,6+,7-,8?/m1/s1. The second-order valence-corrected chi connectivity index (χ2v) is 3.15. The van der Waals surface area contributed by atoms with E-state index in [1.165, 1.54) is 0 Å². The van der Waals surface area contributed by atoms with Crippen LogP contribution < -0.4 is 0 Å². The molecule has 1 unspecified atom stereocenters. The molecule has 6 nitrogen and oxygen atoms in total. The SMILES string of the molecule is CCO[C@H]1C(O)O[C@H](CO)[C@@H](O)[C@@H]1O. The fraction of sp³-hybridized carbons (Fsp3) is 1.00. The van der Waals surface area contributed by atoms with E-state index in [2.05, 4.69) is 0 Å². The molecule has 0 aromatic carbocycles. The van der Waals surface area contributed by atoms with Crippen LogP contribution >= 0.6 is 0 Å². The summed E-state index contributed by atoms with van der Waals surface area (Å²) in [6.45, 7) is 1.52. The molecule has 0 amide bonds. The second kappa shape index (κ2) is 5.01. The lowest BCUT2D eigenvalue weighted by molar-refractivity contribution is -0.295. The lowest BCUT2D eigenvalue weighted by Gasteiger charge is -2.39. The summed E-state index contributed by atoms with van der Waals surface area (Å²) < 4.78 is 9.86. The van der Waals surface area contributed by atoms with Gasteiger partial charge in [-0.2, -0.15) is 0 Å². The van der Waals surface area contributed by atoms with Crippen molar-refractivity contribution in [3.05, 3.63) is 0 Å². The highest BCUT2D eigenvalue weighted by Crippen LogP contribution is 2.21. The molecule has 5 atom stereocenters. The highest BCUT2D eigenvalue weighted by atomic mass is 16.7. The Labute approximate surface area is 81.7 Å². The topological polar surface area (TPSA) is 99.4 Å². The zero-order valence-corrected chi connectivity index (χ0v) is 7.91. The Morgan fingerprint density at radius 3 is 2.36 bits per heavy atom. The largest absolute Gasteiger partial charge is 0.394 e. The number of rotatable bonds is 3. The van der Waals surface area contributed by atoms with E-state index in [1.54, 1.807) is 6.92 Å². The molecule has 1 aliphatic rings. The third-order valence-electron chi connectivity index (χ3n) is 2.20. The fourth-order valence-electron chi connectivity index (χ4n) is 1.44. The van der Waals surface area contributed by atoms with Crippen molar-refractivity contribution < 1.29 is 29.9 Å². The minimum Gasteiger partial charge on any atom is -0.394 e. The Morgan fingerprint density at radius 2 is 1.86 bits per heavy atom. The molecule has 0 spiro atoms. The van der Waals surface area contributed by atoms with Gasteiger partial charge in [0.2, 0.25) is 0 Å². The summed E-state index contributed by atoms with van der Waals surface area (Å²) >= 11 is 0. The van der Waals surface area contributed by atoms with Gasteiger partial charge >= 0.3 is 0 Å². The van der Waals surface area contributed by atoms with Crippen LogP contribution in [0.5, 0.6) is 0 Å². The quantitative estimate of drug-likeness (QED) is 0.421. The predicted octanol–water partition coefficient (Wildman–Crippen LogP) is -2.18. The van der Waals surface area contributed by atoms with Crippen LogP contribution in [0.3, 0.4) is 0 Å². The van der Waals surface area contributed by atoms with Gasteiger partial charge in [0.1, 0.15) is 24.4 Å². The molecule has 6 heteroatoms. The first-order chi connectivity index (χ1) is 6.61. The first-order valence-corrected chi connectivity index (χ1v) is 4.54. The number of ether oxygens (including phenoxy) is 2. The highest BCUT2D eigenvalue weighted by Gasteiger charge is 2.43. The summed E-state index contributed by atoms with van der Waals surface area (Å²) in [4.78, 5) is 0. The maximum absolute atomic E-state index is 9.51.